The first kappa shape index (κ1) is 13.1. The Morgan fingerprint density at radius 1 is 1.35 bits per heavy atom. The highest BCUT2D eigenvalue weighted by molar-refractivity contribution is 5.89. The van der Waals surface area contributed by atoms with E-state index in [1.165, 1.54) is 0 Å². The molecule has 2 N–H and O–H groups in total. The van der Waals surface area contributed by atoms with Gasteiger partial charge in [-0.15, -0.1) is 0 Å². The molecule has 1 rings (SSSR count). The van der Waals surface area contributed by atoms with E-state index in [9.17, 15) is 31.5 Å². The summed E-state index contributed by atoms with van der Waals surface area (Å²) in [7, 11) is 0. The summed E-state index contributed by atoms with van der Waals surface area (Å²) in [4.78, 5) is 22.5. The van der Waals surface area contributed by atoms with Gasteiger partial charge in [0.05, 0.1) is 11.1 Å². The topological polar surface area (TPSA) is 70.2 Å². The van der Waals surface area contributed by atoms with Crippen LogP contribution in [0.3, 0.4) is 0 Å². The van der Waals surface area contributed by atoms with Crippen LogP contribution in [-0.2, 0) is 6.18 Å². The molecule has 0 aromatic carbocycles. The highest BCUT2D eigenvalue weighted by atomic mass is 19.4. The van der Waals surface area contributed by atoms with Gasteiger partial charge in [-0.3, -0.25) is 4.79 Å². The van der Waals surface area contributed by atoms with Crippen LogP contribution in [0.2, 0.25) is 0 Å². The molecule has 0 radical (unpaired) electrons. The number of aromatic amines is 1. The first-order valence-corrected chi connectivity index (χ1v) is 4.00. The summed E-state index contributed by atoms with van der Waals surface area (Å²) in [6, 6.07) is 0.0225. The van der Waals surface area contributed by atoms with Crippen LogP contribution in [0.15, 0.2) is 10.9 Å². The minimum atomic E-state index is -5.15. The number of rotatable bonds is 2. The van der Waals surface area contributed by atoms with Crippen molar-refractivity contribution in [1.29, 1.82) is 0 Å². The molecular formula is C8H4F5NO3. The molecule has 0 saturated carbocycles. The van der Waals surface area contributed by atoms with Crippen LogP contribution in [0.25, 0.3) is 0 Å². The molecule has 1 aromatic rings. The molecule has 94 valence electrons. The van der Waals surface area contributed by atoms with Gasteiger partial charge in [0, 0.05) is 0 Å². The highest BCUT2D eigenvalue weighted by Crippen LogP contribution is 2.30. The minimum absolute atomic E-state index is 0.0225. The number of carbonyl (C=O) groups is 1. The van der Waals surface area contributed by atoms with E-state index in [1.807, 2.05) is 0 Å². The van der Waals surface area contributed by atoms with Crippen molar-refractivity contribution in [2.45, 2.75) is 12.6 Å². The fraction of sp³-hybridized carbons (Fsp3) is 0.250. The number of carboxylic acid groups (broad SMARTS) is 1. The lowest BCUT2D eigenvalue weighted by molar-refractivity contribution is -0.141. The maximum atomic E-state index is 12.3. The normalized spacial score (nSPS) is 11.9. The van der Waals surface area contributed by atoms with Crippen molar-refractivity contribution in [1.82, 2.24) is 4.98 Å². The first-order valence-electron chi connectivity index (χ1n) is 4.00. The quantitative estimate of drug-likeness (QED) is 0.796. The van der Waals surface area contributed by atoms with Crippen molar-refractivity contribution in [3.05, 3.63) is 33.2 Å². The Balaban J connectivity index is 3.59. The molecule has 0 aliphatic carbocycles. The average molecular weight is 257 g/mol. The van der Waals surface area contributed by atoms with Crippen LogP contribution in [-0.4, -0.2) is 16.1 Å². The van der Waals surface area contributed by atoms with E-state index >= 15 is 0 Å². The summed E-state index contributed by atoms with van der Waals surface area (Å²) in [5.74, 6) is -2.06. The summed E-state index contributed by atoms with van der Waals surface area (Å²) >= 11 is 0. The molecule has 9 heteroatoms. The van der Waals surface area contributed by atoms with Crippen molar-refractivity contribution in [2.75, 3.05) is 0 Å². The standard InChI is InChI=1S/C8H4F5NO3/c9-5(10)3-1-2(7(16)17)4(8(11,12)13)14-6(3)15/h1,5H,(H,14,15)(H,16,17). The smallest absolute Gasteiger partial charge is 0.432 e. The van der Waals surface area contributed by atoms with Crippen molar-refractivity contribution in [3.8, 4) is 0 Å². The summed E-state index contributed by atoms with van der Waals surface area (Å²) in [6.07, 6.45) is -8.51. The lowest BCUT2D eigenvalue weighted by atomic mass is 10.1. The number of pyridine rings is 1. The van der Waals surface area contributed by atoms with Gasteiger partial charge in [0.15, 0.2) is 0 Å². The van der Waals surface area contributed by atoms with Gasteiger partial charge in [0.25, 0.3) is 12.0 Å². The lowest BCUT2D eigenvalue weighted by Gasteiger charge is -2.10. The molecule has 0 fully saturated rings. The van der Waals surface area contributed by atoms with Gasteiger partial charge in [-0.05, 0) is 6.07 Å². The molecule has 4 nitrogen and oxygen atoms in total. The second kappa shape index (κ2) is 4.15. The van der Waals surface area contributed by atoms with Crippen LogP contribution in [0.1, 0.15) is 28.0 Å². The SMILES string of the molecule is O=C(O)c1cc(C(F)F)c(=O)[nH]c1C(F)(F)F. The third kappa shape index (κ3) is 2.60. The monoisotopic (exact) mass is 257 g/mol. The zero-order valence-corrected chi connectivity index (χ0v) is 7.81. The molecule has 0 unspecified atom stereocenters. The number of halogens is 5. The lowest BCUT2D eigenvalue weighted by Crippen LogP contribution is -2.24. The summed E-state index contributed by atoms with van der Waals surface area (Å²) in [5.41, 5.74) is -6.28. The molecule has 0 aliphatic rings. The fourth-order valence-corrected chi connectivity index (χ4v) is 1.10. The zero-order chi connectivity index (χ0) is 13.4. The van der Waals surface area contributed by atoms with E-state index in [0.29, 0.717) is 0 Å². The van der Waals surface area contributed by atoms with Gasteiger partial charge < -0.3 is 10.1 Å². The molecule has 0 aliphatic heterocycles. The second-order valence-corrected chi connectivity index (χ2v) is 2.95. The van der Waals surface area contributed by atoms with Crippen LogP contribution < -0.4 is 5.56 Å². The number of alkyl halides is 5. The van der Waals surface area contributed by atoms with Gasteiger partial charge in [0.1, 0.15) is 5.69 Å². The fourth-order valence-electron chi connectivity index (χ4n) is 1.10. The molecule has 0 atom stereocenters. The number of aromatic nitrogens is 1. The van der Waals surface area contributed by atoms with Gasteiger partial charge in [-0.25, -0.2) is 13.6 Å². The Morgan fingerprint density at radius 3 is 2.24 bits per heavy atom. The molecule has 0 amide bonds. The minimum Gasteiger partial charge on any atom is -0.478 e. The Labute approximate surface area is 89.7 Å². The maximum Gasteiger partial charge on any atom is 0.432 e. The van der Waals surface area contributed by atoms with Crippen molar-refractivity contribution >= 4 is 5.97 Å². The predicted octanol–water partition coefficient (Wildman–Crippen LogP) is 2.03. The number of H-pyrrole nitrogens is 1. The second-order valence-electron chi connectivity index (χ2n) is 2.95. The third-order valence-electron chi connectivity index (χ3n) is 1.82. The Morgan fingerprint density at radius 2 is 1.88 bits per heavy atom. The Bertz CT molecular complexity index is 505. The summed E-state index contributed by atoms with van der Waals surface area (Å²) < 4.78 is 61.3. The van der Waals surface area contributed by atoms with Crippen molar-refractivity contribution in [2.24, 2.45) is 0 Å². The summed E-state index contributed by atoms with van der Waals surface area (Å²) in [5, 5.41) is 8.46. The number of hydrogen-bond donors (Lipinski definition) is 2. The number of aromatic carboxylic acids is 1. The predicted molar refractivity (Wildman–Crippen MR) is 44.0 cm³/mol. The molecule has 0 spiro atoms. The third-order valence-corrected chi connectivity index (χ3v) is 1.82. The van der Waals surface area contributed by atoms with Crippen molar-refractivity contribution < 1.29 is 31.9 Å². The first-order chi connectivity index (χ1) is 7.64. The Hall–Kier alpha value is -1.93. The van der Waals surface area contributed by atoms with Gasteiger partial charge in [0.2, 0.25) is 0 Å². The van der Waals surface area contributed by atoms with Gasteiger partial charge in [-0.2, -0.15) is 13.2 Å². The summed E-state index contributed by atoms with van der Waals surface area (Å²) in [6.45, 7) is 0. The number of hydrogen-bond acceptors (Lipinski definition) is 2. The van der Waals surface area contributed by atoms with Crippen LogP contribution in [0.4, 0.5) is 22.0 Å². The van der Waals surface area contributed by atoms with Crippen LogP contribution in [0, 0.1) is 0 Å². The number of carboxylic acids is 1. The van der Waals surface area contributed by atoms with E-state index in [1.54, 1.807) is 0 Å². The van der Waals surface area contributed by atoms with E-state index in [0.717, 1.165) is 4.98 Å². The molecule has 17 heavy (non-hydrogen) atoms. The van der Waals surface area contributed by atoms with Crippen LogP contribution >= 0.6 is 0 Å². The van der Waals surface area contributed by atoms with E-state index in [2.05, 4.69) is 0 Å². The largest absolute Gasteiger partial charge is 0.478 e. The van der Waals surface area contributed by atoms with Crippen molar-refractivity contribution in [3.63, 3.8) is 0 Å². The molecule has 1 heterocycles. The average Bonchev–Trinajstić information content (AvgIpc) is 2.14. The van der Waals surface area contributed by atoms with Crippen LogP contribution in [0.5, 0.6) is 0 Å². The maximum absolute atomic E-state index is 12.3. The van der Waals surface area contributed by atoms with E-state index < -0.39 is 41.0 Å². The highest BCUT2D eigenvalue weighted by Gasteiger charge is 2.37. The van der Waals surface area contributed by atoms with E-state index in [-0.39, 0.29) is 6.07 Å². The molecule has 0 bridgehead atoms. The van der Waals surface area contributed by atoms with Gasteiger partial charge in [-0.1, -0.05) is 0 Å². The molecule has 0 saturated heterocycles. The number of nitrogens with one attached hydrogen (secondary N) is 1. The Kier molecular flexibility index (Phi) is 3.21. The van der Waals surface area contributed by atoms with Gasteiger partial charge >= 0.3 is 12.1 Å². The molecule has 1 aromatic heterocycles. The zero-order valence-electron chi connectivity index (χ0n) is 7.81. The van der Waals surface area contributed by atoms with E-state index in [4.69, 9.17) is 5.11 Å². The molecular weight excluding hydrogens is 253 g/mol.